The Bertz CT molecular complexity index is 757. The normalized spacial score (nSPS) is 10.9. The Morgan fingerprint density at radius 2 is 1.79 bits per heavy atom. The third-order valence-corrected chi connectivity index (χ3v) is 4.32. The Balaban J connectivity index is 2.67. The molecule has 0 fully saturated rings. The second-order valence-corrected chi connectivity index (χ2v) is 5.68. The van der Waals surface area contributed by atoms with Crippen LogP contribution >= 0.6 is 23.2 Å². The van der Waals surface area contributed by atoms with Gasteiger partial charge in [-0.15, -0.1) is 0 Å². The van der Waals surface area contributed by atoms with Crippen LogP contribution in [0.15, 0.2) is 12.1 Å². The van der Waals surface area contributed by atoms with E-state index in [1.807, 2.05) is 0 Å². The molecule has 2 rings (SSSR count). The molecule has 130 valence electrons. The minimum absolute atomic E-state index is 0.0131. The van der Waals surface area contributed by atoms with Gasteiger partial charge in [0.15, 0.2) is 0 Å². The zero-order chi connectivity index (χ0) is 17.9. The smallest absolute Gasteiger partial charge is 0.356 e. The van der Waals surface area contributed by atoms with E-state index in [0.717, 1.165) is 0 Å². The summed E-state index contributed by atoms with van der Waals surface area (Å²) in [6, 6.07) is 3.22. The van der Waals surface area contributed by atoms with Crippen molar-refractivity contribution in [3.8, 4) is 11.1 Å². The largest absolute Gasteiger partial charge is 0.461 e. The lowest BCUT2D eigenvalue weighted by Crippen LogP contribution is -2.05. The van der Waals surface area contributed by atoms with Crippen LogP contribution in [0.2, 0.25) is 10.2 Å². The number of esters is 1. The van der Waals surface area contributed by atoms with Crippen LogP contribution in [-0.4, -0.2) is 32.9 Å². The molecule has 0 aliphatic carbocycles. The summed E-state index contributed by atoms with van der Waals surface area (Å²) in [6.07, 6.45) is 0. The van der Waals surface area contributed by atoms with E-state index in [-0.39, 0.29) is 35.7 Å². The molecule has 0 aliphatic heterocycles. The SMILES string of the molecule is CCOC(=O)c1[nH]c(Cl)c(-c2ccc(CO)c(CO)c2CO)c1Cl. The quantitative estimate of drug-likeness (QED) is 0.582. The molecule has 0 saturated heterocycles. The zero-order valence-electron chi connectivity index (χ0n) is 12.9. The van der Waals surface area contributed by atoms with E-state index >= 15 is 0 Å². The summed E-state index contributed by atoms with van der Waals surface area (Å²) in [6.45, 7) is 0.798. The highest BCUT2D eigenvalue weighted by Crippen LogP contribution is 2.40. The maximum absolute atomic E-state index is 11.9. The summed E-state index contributed by atoms with van der Waals surface area (Å²) in [7, 11) is 0. The average molecular weight is 374 g/mol. The van der Waals surface area contributed by atoms with Gasteiger partial charge >= 0.3 is 5.97 Å². The Labute approximate surface area is 148 Å². The second-order valence-electron chi connectivity index (χ2n) is 4.93. The fourth-order valence-corrected chi connectivity index (χ4v) is 3.19. The third-order valence-electron chi connectivity index (χ3n) is 3.66. The van der Waals surface area contributed by atoms with E-state index in [1.54, 1.807) is 19.1 Å². The molecule has 0 radical (unpaired) electrons. The highest BCUT2D eigenvalue weighted by molar-refractivity contribution is 6.41. The van der Waals surface area contributed by atoms with Gasteiger partial charge in [-0.1, -0.05) is 35.3 Å². The van der Waals surface area contributed by atoms with Crippen molar-refractivity contribution >= 4 is 29.2 Å². The molecule has 24 heavy (non-hydrogen) atoms. The molecule has 1 aromatic carbocycles. The van der Waals surface area contributed by atoms with Gasteiger partial charge in [0.25, 0.3) is 0 Å². The Morgan fingerprint density at radius 3 is 2.33 bits per heavy atom. The first-order chi connectivity index (χ1) is 11.5. The Kier molecular flexibility index (Phi) is 6.26. The molecule has 1 heterocycles. The average Bonchev–Trinajstić information content (AvgIpc) is 2.88. The molecule has 0 spiro atoms. The third kappa shape index (κ3) is 3.29. The molecule has 0 bridgehead atoms. The van der Waals surface area contributed by atoms with Crippen LogP contribution in [0.5, 0.6) is 0 Å². The Hall–Kier alpha value is -1.57. The lowest BCUT2D eigenvalue weighted by molar-refractivity contribution is 0.0520. The van der Waals surface area contributed by atoms with E-state index in [1.165, 1.54) is 0 Å². The number of aliphatic hydroxyl groups is 3. The molecular weight excluding hydrogens is 357 g/mol. The topological polar surface area (TPSA) is 103 Å². The second kappa shape index (κ2) is 8.00. The van der Waals surface area contributed by atoms with Gasteiger partial charge in [0.1, 0.15) is 10.8 Å². The monoisotopic (exact) mass is 373 g/mol. The minimum Gasteiger partial charge on any atom is -0.461 e. The molecule has 0 saturated carbocycles. The number of aromatic nitrogens is 1. The predicted molar refractivity (Wildman–Crippen MR) is 90.0 cm³/mol. The fourth-order valence-electron chi connectivity index (χ4n) is 2.53. The number of carbonyl (C=O) groups is 1. The molecule has 8 heteroatoms. The van der Waals surface area contributed by atoms with Gasteiger partial charge < -0.3 is 25.0 Å². The van der Waals surface area contributed by atoms with Crippen LogP contribution in [0, 0.1) is 0 Å². The van der Waals surface area contributed by atoms with E-state index in [0.29, 0.717) is 27.8 Å². The zero-order valence-corrected chi connectivity index (χ0v) is 14.4. The van der Waals surface area contributed by atoms with E-state index < -0.39 is 12.6 Å². The molecule has 1 aromatic heterocycles. The van der Waals surface area contributed by atoms with Crippen LogP contribution in [0.1, 0.15) is 34.1 Å². The summed E-state index contributed by atoms with van der Waals surface area (Å²) in [5, 5.41) is 28.8. The first-order valence-electron chi connectivity index (χ1n) is 7.20. The summed E-state index contributed by atoms with van der Waals surface area (Å²) < 4.78 is 4.92. The van der Waals surface area contributed by atoms with Crippen LogP contribution in [-0.2, 0) is 24.6 Å². The Morgan fingerprint density at radius 1 is 1.12 bits per heavy atom. The maximum Gasteiger partial charge on any atom is 0.356 e. The number of rotatable bonds is 6. The van der Waals surface area contributed by atoms with Gasteiger partial charge in [-0.3, -0.25) is 0 Å². The van der Waals surface area contributed by atoms with Crippen LogP contribution in [0.25, 0.3) is 11.1 Å². The first-order valence-corrected chi connectivity index (χ1v) is 7.96. The lowest BCUT2D eigenvalue weighted by atomic mass is 9.93. The fraction of sp³-hybridized carbons (Fsp3) is 0.312. The van der Waals surface area contributed by atoms with Crippen molar-refractivity contribution in [2.45, 2.75) is 26.7 Å². The molecule has 2 aromatic rings. The molecule has 0 amide bonds. The van der Waals surface area contributed by atoms with Crippen molar-refractivity contribution in [3.63, 3.8) is 0 Å². The maximum atomic E-state index is 11.9. The number of H-pyrrole nitrogens is 1. The van der Waals surface area contributed by atoms with Crippen molar-refractivity contribution in [1.82, 2.24) is 4.98 Å². The highest BCUT2D eigenvalue weighted by atomic mass is 35.5. The minimum atomic E-state index is -0.643. The standard InChI is InChI=1S/C16H17Cl2NO5/c1-2-24-16(23)14-13(17)12(15(18)19-14)9-4-3-8(5-20)10(6-21)11(9)7-22/h3-4,19-22H,2,5-7H2,1H3. The van der Waals surface area contributed by atoms with Crippen molar-refractivity contribution in [2.24, 2.45) is 0 Å². The molecule has 0 unspecified atom stereocenters. The number of halogens is 2. The molecule has 0 atom stereocenters. The van der Waals surface area contributed by atoms with Crippen LogP contribution in [0.4, 0.5) is 0 Å². The lowest BCUT2D eigenvalue weighted by Gasteiger charge is -2.15. The van der Waals surface area contributed by atoms with Crippen LogP contribution in [0.3, 0.4) is 0 Å². The number of hydrogen-bond acceptors (Lipinski definition) is 5. The van der Waals surface area contributed by atoms with Crippen molar-refractivity contribution < 1.29 is 24.9 Å². The summed E-state index contributed by atoms with van der Waals surface area (Å²) >= 11 is 12.5. The van der Waals surface area contributed by atoms with Gasteiger partial charge in [-0.25, -0.2) is 4.79 Å². The summed E-state index contributed by atoms with van der Waals surface area (Å²) in [5.41, 5.74) is 2.05. The van der Waals surface area contributed by atoms with Gasteiger partial charge in [-0.05, 0) is 29.2 Å². The van der Waals surface area contributed by atoms with Crippen molar-refractivity contribution in [3.05, 3.63) is 44.7 Å². The number of benzene rings is 1. The van der Waals surface area contributed by atoms with E-state index in [4.69, 9.17) is 27.9 Å². The number of aliphatic hydroxyl groups excluding tert-OH is 3. The summed E-state index contributed by atoms with van der Waals surface area (Å²) in [5.74, 6) is -0.643. The molecular formula is C16H17Cl2NO5. The number of carbonyl (C=O) groups excluding carboxylic acids is 1. The number of aromatic amines is 1. The van der Waals surface area contributed by atoms with Gasteiger partial charge in [0.05, 0.1) is 31.5 Å². The molecule has 4 N–H and O–H groups in total. The number of nitrogens with one attached hydrogen (secondary N) is 1. The molecule has 0 aliphatic rings. The van der Waals surface area contributed by atoms with Crippen molar-refractivity contribution in [1.29, 1.82) is 0 Å². The van der Waals surface area contributed by atoms with Gasteiger partial charge in [0.2, 0.25) is 0 Å². The number of ether oxygens (including phenoxy) is 1. The number of hydrogen-bond donors (Lipinski definition) is 4. The predicted octanol–water partition coefficient (Wildman–Crippen LogP) is 2.64. The first kappa shape index (κ1) is 18.8. The van der Waals surface area contributed by atoms with Gasteiger partial charge in [0, 0.05) is 5.56 Å². The molecule has 6 nitrogen and oxygen atoms in total. The van der Waals surface area contributed by atoms with Crippen molar-refractivity contribution in [2.75, 3.05) is 6.61 Å². The highest BCUT2D eigenvalue weighted by Gasteiger charge is 2.25. The van der Waals surface area contributed by atoms with Gasteiger partial charge in [-0.2, -0.15) is 0 Å². The van der Waals surface area contributed by atoms with E-state index in [2.05, 4.69) is 4.98 Å². The van der Waals surface area contributed by atoms with Crippen LogP contribution < -0.4 is 0 Å². The summed E-state index contributed by atoms with van der Waals surface area (Å²) in [4.78, 5) is 14.6. The van der Waals surface area contributed by atoms with E-state index in [9.17, 15) is 20.1 Å².